The smallest absolute Gasteiger partial charge is 0.259 e. The van der Waals surface area contributed by atoms with Crippen molar-refractivity contribution < 1.29 is 9.26 Å². The van der Waals surface area contributed by atoms with Crippen molar-refractivity contribution in [2.45, 2.75) is 38.7 Å². The van der Waals surface area contributed by atoms with Crippen LogP contribution < -0.4 is 4.74 Å². The Morgan fingerprint density at radius 3 is 2.76 bits per heavy atom. The molecule has 128 valence electrons. The topological polar surface area (TPSA) is 61.0 Å². The predicted octanol–water partition coefficient (Wildman–Crippen LogP) is 5.05. The third-order valence-corrected chi connectivity index (χ3v) is 5.24. The molecule has 2 aromatic heterocycles. The van der Waals surface area contributed by atoms with Gasteiger partial charge in [-0.2, -0.15) is 4.98 Å². The highest BCUT2D eigenvalue weighted by Gasteiger charge is 2.31. The zero-order valence-corrected chi connectivity index (χ0v) is 15.7. The summed E-state index contributed by atoms with van der Waals surface area (Å²) < 4.78 is 12.5. The maximum atomic E-state index is 6.06. The number of fused-ring (bicyclic) bond motifs is 1. The summed E-state index contributed by atoms with van der Waals surface area (Å²) in [6, 6.07) is 9.84. The molecule has 6 heteroatoms. The van der Waals surface area contributed by atoms with Gasteiger partial charge in [-0.15, -0.1) is 0 Å². The van der Waals surface area contributed by atoms with Gasteiger partial charge in [0.2, 0.25) is 11.7 Å². The highest BCUT2D eigenvalue weighted by atomic mass is 79.9. The van der Waals surface area contributed by atoms with Crippen LogP contribution >= 0.6 is 15.9 Å². The van der Waals surface area contributed by atoms with Crippen LogP contribution in [0, 0.1) is 0 Å². The molecule has 3 aromatic rings. The van der Waals surface area contributed by atoms with E-state index in [0.29, 0.717) is 17.6 Å². The lowest BCUT2D eigenvalue weighted by Gasteiger charge is -2.34. The van der Waals surface area contributed by atoms with E-state index in [1.807, 2.05) is 30.3 Å². The van der Waals surface area contributed by atoms with Crippen LogP contribution in [0.4, 0.5) is 0 Å². The second-order valence-corrected chi connectivity index (χ2v) is 7.44. The van der Waals surface area contributed by atoms with E-state index in [-0.39, 0.29) is 5.60 Å². The first-order valence-electron chi connectivity index (χ1n) is 8.34. The number of hydrogen-bond acceptors (Lipinski definition) is 5. The third kappa shape index (κ3) is 3.18. The Morgan fingerprint density at radius 1 is 1.20 bits per heavy atom. The van der Waals surface area contributed by atoms with Crippen LogP contribution in [0.15, 0.2) is 45.5 Å². The van der Waals surface area contributed by atoms with Crippen LogP contribution in [-0.2, 0) is 6.42 Å². The van der Waals surface area contributed by atoms with Crippen molar-refractivity contribution >= 4 is 15.9 Å². The fourth-order valence-electron chi connectivity index (χ4n) is 2.88. The Hall–Kier alpha value is -2.21. The van der Waals surface area contributed by atoms with E-state index < -0.39 is 0 Å². The molecule has 5 nitrogen and oxygen atoms in total. The summed E-state index contributed by atoms with van der Waals surface area (Å²) in [7, 11) is 0. The molecular formula is C19H18BrN3O2. The summed E-state index contributed by atoms with van der Waals surface area (Å²) in [5.74, 6) is 1.75. The quantitative estimate of drug-likeness (QED) is 0.616. The van der Waals surface area contributed by atoms with Gasteiger partial charge in [-0.1, -0.05) is 28.0 Å². The van der Waals surface area contributed by atoms with Gasteiger partial charge in [-0.3, -0.25) is 0 Å². The molecule has 1 aliphatic heterocycles. The average molecular weight is 400 g/mol. The molecule has 0 amide bonds. The number of benzene rings is 1. The summed E-state index contributed by atoms with van der Waals surface area (Å²) in [5, 5.41) is 4.08. The summed E-state index contributed by atoms with van der Waals surface area (Å²) in [6.07, 6.45) is 4.62. The van der Waals surface area contributed by atoms with Crippen LogP contribution in [0.25, 0.3) is 22.8 Å². The molecule has 0 saturated heterocycles. The van der Waals surface area contributed by atoms with Gasteiger partial charge in [0.25, 0.3) is 5.89 Å². The standard InChI is InChI=1S/C19H18BrN3O2/c1-3-19(2)9-8-13-10-14(11-21-17(13)24-19)18-22-16(23-25-18)12-4-6-15(20)7-5-12/h4-7,10-11H,3,8-9H2,1-2H3/t19-/m0/s1. The lowest BCUT2D eigenvalue weighted by Crippen LogP contribution is -2.35. The second-order valence-electron chi connectivity index (χ2n) is 6.52. The monoisotopic (exact) mass is 399 g/mol. The Kier molecular flexibility index (Phi) is 4.07. The second kappa shape index (κ2) is 6.26. The van der Waals surface area contributed by atoms with Crippen LogP contribution in [0.1, 0.15) is 32.3 Å². The van der Waals surface area contributed by atoms with Crippen molar-refractivity contribution in [3.8, 4) is 28.7 Å². The fourth-order valence-corrected chi connectivity index (χ4v) is 3.14. The zero-order valence-electron chi connectivity index (χ0n) is 14.1. The van der Waals surface area contributed by atoms with Crippen molar-refractivity contribution in [2.75, 3.05) is 0 Å². The highest BCUT2D eigenvalue weighted by Crippen LogP contribution is 2.35. The first-order chi connectivity index (χ1) is 12.1. The van der Waals surface area contributed by atoms with E-state index in [1.54, 1.807) is 6.20 Å². The zero-order chi connectivity index (χ0) is 17.4. The molecule has 0 radical (unpaired) electrons. The Morgan fingerprint density at radius 2 is 2.00 bits per heavy atom. The SMILES string of the molecule is CC[C@@]1(C)CCc2cc(-c3nc(-c4ccc(Br)cc4)no3)cnc2O1. The number of rotatable bonds is 3. The molecule has 0 unspecified atom stereocenters. The van der Waals surface area contributed by atoms with Gasteiger partial charge < -0.3 is 9.26 Å². The lowest BCUT2D eigenvalue weighted by molar-refractivity contribution is 0.0555. The molecule has 3 heterocycles. The number of hydrogen-bond donors (Lipinski definition) is 0. The largest absolute Gasteiger partial charge is 0.471 e. The Labute approximate surface area is 154 Å². The van der Waals surface area contributed by atoms with Crippen LogP contribution in [0.3, 0.4) is 0 Å². The van der Waals surface area contributed by atoms with Gasteiger partial charge in [0.1, 0.15) is 5.60 Å². The van der Waals surface area contributed by atoms with Gasteiger partial charge in [0.05, 0.1) is 5.56 Å². The predicted molar refractivity (Wildman–Crippen MR) is 98.3 cm³/mol. The molecule has 0 fully saturated rings. The molecule has 25 heavy (non-hydrogen) atoms. The van der Waals surface area contributed by atoms with Crippen LogP contribution in [0.2, 0.25) is 0 Å². The van der Waals surface area contributed by atoms with Gasteiger partial charge in [0, 0.05) is 21.8 Å². The lowest BCUT2D eigenvalue weighted by atomic mass is 9.91. The summed E-state index contributed by atoms with van der Waals surface area (Å²) in [6.45, 7) is 4.27. The van der Waals surface area contributed by atoms with E-state index in [2.05, 4.69) is 44.9 Å². The molecule has 0 spiro atoms. The minimum atomic E-state index is -0.124. The number of aryl methyl sites for hydroxylation is 1. The molecule has 0 saturated carbocycles. The van der Waals surface area contributed by atoms with Gasteiger partial charge >= 0.3 is 0 Å². The third-order valence-electron chi connectivity index (χ3n) is 4.71. The fraction of sp³-hybridized carbons (Fsp3) is 0.316. The van der Waals surface area contributed by atoms with Gasteiger partial charge in [-0.05, 0) is 56.5 Å². The van der Waals surface area contributed by atoms with E-state index in [1.165, 1.54) is 0 Å². The Balaban J connectivity index is 1.62. The van der Waals surface area contributed by atoms with E-state index in [9.17, 15) is 0 Å². The normalized spacial score (nSPS) is 19.3. The highest BCUT2D eigenvalue weighted by molar-refractivity contribution is 9.10. The van der Waals surface area contributed by atoms with Gasteiger partial charge in [0.15, 0.2) is 0 Å². The van der Waals surface area contributed by atoms with Crippen molar-refractivity contribution in [1.82, 2.24) is 15.1 Å². The number of pyridine rings is 1. The maximum Gasteiger partial charge on any atom is 0.259 e. The van der Waals surface area contributed by atoms with Crippen molar-refractivity contribution in [1.29, 1.82) is 0 Å². The molecule has 1 aliphatic rings. The van der Waals surface area contributed by atoms with Crippen molar-refractivity contribution in [3.63, 3.8) is 0 Å². The molecule has 0 bridgehead atoms. The number of aromatic nitrogens is 3. The van der Waals surface area contributed by atoms with Crippen molar-refractivity contribution in [3.05, 3.63) is 46.6 Å². The first kappa shape index (κ1) is 16.3. The average Bonchev–Trinajstić information content (AvgIpc) is 3.12. The number of nitrogens with zero attached hydrogens (tertiary/aromatic N) is 3. The van der Waals surface area contributed by atoms with Crippen molar-refractivity contribution in [2.24, 2.45) is 0 Å². The minimum absolute atomic E-state index is 0.124. The number of halogens is 1. The molecule has 0 N–H and O–H groups in total. The summed E-state index contributed by atoms with van der Waals surface area (Å²) in [5.41, 5.74) is 2.69. The van der Waals surface area contributed by atoms with E-state index in [4.69, 9.17) is 9.26 Å². The van der Waals surface area contributed by atoms with E-state index >= 15 is 0 Å². The van der Waals surface area contributed by atoms with Crippen LogP contribution in [0.5, 0.6) is 5.88 Å². The minimum Gasteiger partial charge on any atom is -0.471 e. The molecule has 4 rings (SSSR count). The number of ether oxygens (including phenoxy) is 1. The molecular weight excluding hydrogens is 382 g/mol. The molecule has 1 aromatic carbocycles. The van der Waals surface area contributed by atoms with Gasteiger partial charge in [-0.25, -0.2) is 4.98 Å². The van der Waals surface area contributed by atoms with E-state index in [0.717, 1.165) is 40.4 Å². The maximum absolute atomic E-state index is 6.06. The van der Waals surface area contributed by atoms with Crippen LogP contribution in [-0.4, -0.2) is 20.7 Å². The molecule has 0 aliphatic carbocycles. The molecule has 1 atom stereocenters. The summed E-state index contributed by atoms with van der Waals surface area (Å²) >= 11 is 3.42. The first-order valence-corrected chi connectivity index (χ1v) is 9.13. The summed E-state index contributed by atoms with van der Waals surface area (Å²) in [4.78, 5) is 8.98. The Bertz CT molecular complexity index is 907.